The molecule has 1 aliphatic carbocycles. The molecule has 3 N–H and O–H groups in total. The minimum atomic E-state index is -0.0693. The number of nitrogens with two attached hydrogens (primary N) is 1. The zero-order chi connectivity index (χ0) is 14.7. The molecular formula is C15H19N5O. The van der Waals surface area contributed by atoms with E-state index in [1.807, 2.05) is 12.3 Å². The van der Waals surface area contributed by atoms with Crippen molar-refractivity contribution >= 4 is 5.91 Å². The van der Waals surface area contributed by atoms with Gasteiger partial charge in [0, 0.05) is 30.7 Å². The van der Waals surface area contributed by atoms with Crippen molar-refractivity contribution in [2.45, 2.75) is 37.8 Å². The van der Waals surface area contributed by atoms with Gasteiger partial charge in [0.2, 0.25) is 0 Å². The number of nitrogens with one attached hydrogen (secondary N) is 1. The lowest BCUT2D eigenvalue weighted by molar-refractivity contribution is 0.0925. The third-order valence-corrected chi connectivity index (χ3v) is 3.89. The van der Waals surface area contributed by atoms with E-state index in [-0.39, 0.29) is 18.0 Å². The van der Waals surface area contributed by atoms with Crippen molar-refractivity contribution in [3.05, 3.63) is 42.6 Å². The Morgan fingerprint density at radius 1 is 1.29 bits per heavy atom. The summed E-state index contributed by atoms with van der Waals surface area (Å²) in [4.78, 5) is 20.5. The number of pyridine rings is 1. The Bertz CT molecular complexity index is 585. The van der Waals surface area contributed by atoms with Crippen molar-refractivity contribution in [1.29, 1.82) is 0 Å². The lowest BCUT2D eigenvalue weighted by Gasteiger charge is -2.26. The van der Waals surface area contributed by atoms with Crippen molar-refractivity contribution in [1.82, 2.24) is 19.9 Å². The Morgan fingerprint density at radius 2 is 2.10 bits per heavy atom. The molecule has 2 aromatic rings. The van der Waals surface area contributed by atoms with Gasteiger partial charge in [-0.1, -0.05) is 0 Å². The maximum absolute atomic E-state index is 12.2. The van der Waals surface area contributed by atoms with Gasteiger partial charge in [-0.05, 0) is 37.8 Å². The van der Waals surface area contributed by atoms with Crippen LogP contribution in [-0.4, -0.2) is 32.5 Å². The fourth-order valence-corrected chi connectivity index (χ4v) is 2.60. The van der Waals surface area contributed by atoms with Gasteiger partial charge in [0.25, 0.3) is 5.91 Å². The first-order valence-electron chi connectivity index (χ1n) is 7.23. The number of rotatable bonds is 3. The molecular weight excluding hydrogens is 266 g/mol. The van der Waals surface area contributed by atoms with E-state index in [1.165, 1.54) is 0 Å². The van der Waals surface area contributed by atoms with Crippen molar-refractivity contribution < 1.29 is 4.79 Å². The van der Waals surface area contributed by atoms with Crippen LogP contribution in [0.5, 0.6) is 0 Å². The minimum absolute atomic E-state index is 0.0693. The van der Waals surface area contributed by atoms with Gasteiger partial charge < -0.3 is 11.1 Å². The molecule has 0 unspecified atom stereocenters. The second-order valence-electron chi connectivity index (χ2n) is 5.46. The Balaban J connectivity index is 1.62. The molecule has 21 heavy (non-hydrogen) atoms. The average molecular weight is 285 g/mol. The maximum atomic E-state index is 12.2. The fraction of sp³-hybridized carbons (Fsp3) is 0.400. The molecule has 6 heteroatoms. The number of nitrogens with zero attached hydrogens (tertiary/aromatic N) is 3. The van der Waals surface area contributed by atoms with Crippen LogP contribution in [0.2, 0.25) is 0 Å². The third-order valence-electron chi connectivity index (χ3n) is 3.89. The van der Waals surface area contributed by atoms with E-state index in [1.54, 1.807) is 29.4 Å². The van der Waals surface area contributed by atoms with Crippen LogP contribution in [0.15, 0.2) is 37.1 Å². The average Bonchev–Trinajstić information content (AvgIpc) is 3.04. The quantitative estimate of drug-likeness (QED) is 0.889. The van der Waals surface area contributed by atoms with Gasteiger partial charge in [-0.15, -0.1) is 0 Å². The van der Waals surface area contributed by atoms with E-state index in [4.69, 9.17) is 5.73 Å². The summed E-state index contributed by atoms with van der Waals surface area (Å²) in [6.45, 7) is 0. The van der Waals surface area contributed by atoms with Gasteiger partial charge in [-0.25, -0.2) is 9.97 Å². The van der Waals surface area contributed by atoms with Crippen LogP contribution in [0.4, 0.5) is 0 Å². The molecule has 0 aliphatic heterocycles. The van der Waals surface area contributed by atoms with E-state index >= 15 is 0 Å². The standard InChI is InChI=1S/C15H19N5O/c16-12-2-4-13(5-3-12)19-15(21)11-1-6-14(18-9-11)20-8-7-17-10-20/h1,6-10,12-13H,2-5,16H2,(H,19,21). The molecule has 2 heterocycles. The summed E-state index contributed by atoms with van der Waals surface area (Å²) in [7, 11) is 0. The van der Waals surface area contributed by atoms with Gasteiger partial charge in [0.05, 0.1) is 5.56 Å². The number of carbonyl (C=O) groups excluding carboxylic acids is 1. The van der Waals surface area contributed by atoms with Gasteiger partial charge >= 0.3 is 0 Å². The smallest absolute Gasteiger partial charge is 0.253 e. The van der Waals surface area contributed by atoms with E-state index in [9.17, 15) is 4.79 Å². The van der Waals surface area contributed by atoms with Gasteiger partial charge in [-0.3, -0.25) is 9.36 Å². The number of imidazole rings is 1. The molecule has 3 rings (SSSR count). The van der Waals surface area contributed by atoms with Crippen LogP contribution in [0.25, 0.3) is 5.82 Å². The Labute approximate surface area is 123 Å². The third kappa shape index (κ3) is 3.28. The predicted octanol–water partition coefficient (Wildman–Crippen LogP) is 1.27. The highest BCUT2D eigenvalue weighted by Gasteiger charge is 2.20. The molecule has 2 aromatic heterocycles. The van der Waals surface area contributed by atoms with Crippen LogP contribution in [0, 0.1) is 0 Å². The molecule has 0 aromatic carbocycles. The molecule has 1 saturated carbocycles. The molecule has 0 spiro atoms. The molecule has 1 fully saturated rings. The lowest BCUT2D eigenvalue weighted by Crippen LogP contribution is -2.40. The number of hydrogen-bond donors (Lipinski definition) is 2. The summed E-state index contributed by atoms with van der Waals surface area (Å²) >= 11 is 0. The summed E-state index contributed by atoms with van der Waals surface area (Å²) < 4.78 is 1.80. The molecule has 0 bridgehead atoms. The Morgan fingerprint density at radius 3 is 2.71 bits per heavy atom. The first kappa shape index (κ1) is 13.8. The Kier molecular flexibility index (Phi) is 3.96. The van der Waals surface area contributed by atoms with E-state index in [0.29, 0.717) is 5.56 Å². The van der Waals surface area contributed by atoms with E-state index < -0.39 is 0 Å². The van der Waals surface area contributed by atoms with E-state index in [2.05, 4.69) is 15.3 Å². The first-order chi connectivity index (χ1) is 10.2. The molecule has 6 nitrogen and oxygen atoms in total. The highest BCUT2D eigenvalue weighted by molar-refractivity contribution is 5.94. The van der Waals surface area contributed by atoms with Crippen molar-refractivity contribution in [2.75, 3.05) is 0 Å². The molecule has 0 saturated heterocycles. The van der Waals surface area contributed by atoms with Crippen LogP contribution >= 0.6 is 0 Å². The summed E-state index contributed by atoms with van der Waals surface area (Å²) in [5.74, 6) is 0.674. The van der Waals surface area contributed by atoms with Crippen molar-refractivity contribution in [3.8, 4) is 5.82 Å². The van der Waals surface area contributed by atoms with Gasteiger partial charge in [-0.2, -0.15) is 0 Å². The number of aromatic nitrogens is 3. The SMILES string of the molecule is NC1CCC(NC(=O)c2ccc(-n3ccnc3)nc2)CC1. The van der Waals surface area contributed by atoms with Crippen LogP contribution in [-0.2, 0) is 0 Å². The second-order valence-corrected chi connectivity index (χ2v) is 5.46. The molecule has 110 valence electrons. The number of hydrogen-bond acceptors (Lipinski definition) is 4. The van der Waals surface area contributed by atoms with Gasteiger partial charge in [0.1, 0.15) is 12.1 Å². The summed E-state index contributed by atoms with van der Waals surface area (Å²) in [5, 5.41) is 3.06. The number of carbonyl (C=O) groups is 1. The van der Waals surface area contributed by atoms with Crippen LogP contribution in [0.1, 0.15) is 36.0 Å². The van der Waals surface area contributed by atoms with E-state index in [0.717, 1.165) is 31.5 Å². The fourth-order valence-electron chi connectivity index (χ4n) is 2.60. The molecule has 0 radical (unpaired) electrons. The van der Waals surface area contributed by atoms with Crippen molar-refractivity contribution in [2.24, 2.45) is 5.73 Å². The minimum Gasteiger partial charge on any atom is -0.349 e. The molecule has 1 amide bonds. The summed E-state index contributed by atoms with van der Waals surface area (Å²) in [6, 6.07) is 4.11. The zero-order valence-corrected chi connectivity index (χ0v) is 11.8. The summed E-state index contributed by atoms with van der Waals surface area (Å²) in [5.41, 5.74) is 6.45. The first-order valence-corrected chi connectivity index (χ1v) is 7.23. The van der Waals surface area contributed by atoms with Gasteiger partial charge in [0.15, 0.2) is 0 Å². The number of amides is 1. The highest BCUT2D eigenvalue weighted by Crippen LogP contribution is 2.17. The van der Waals surface area contributed by atoms with Crippen LogP contribution < -0.4 is 11.1 Å². The highest BCUT2D eigenvalue weighted by atomic mass is 16.1. The van der Waals surface area contributed by atoms with Crippen LogP contribution in [0.3, 0.4) is 0 Å². The lowest BCUT2D eigenvalue weighted by atomic mass is 9.92. The normalized spacial score (nSPS) is 22.0. The topological polar surface area (TPSA) is 85.8 Å². The second kappa shape index (κ2) is 6.05. The summed E-state index contributed by atoms with van der Waals surface area (Å²) in [6.07, 6.45) is 10.6. The largest absolute Gasteiger partial charge is 0.349 e. The zero-order valence-electron chi connectivity index (χ0n) is 11.8. The van der Waals surface area contributed by atoms with Crippen molar-refractivity contribution in [3.63, 3.8) is 0 Å². The molecule has 1 aliphatic rings. The molecule has 0 atom stereocenters. The maximum Gasteiger partial charge on any atom is 0.253 e. The predicted molar refractivity (Wildman–Crippen MR) is 79.1 cm³/mol. The monoisotopic (exact) mass is 285 g/mol. The Hall–Kier alpha value is -2.21.